The quantitative estimate of drug-likeness (QED) is 0.593. The van der Waals surface area contributed by atoms with Crippen molar-refractivity contribution in [2.45, 2.75) is 0 Å². The van der Waals surface area contributed by atoms with Gasteiger partial charge in [0.15, 0.2) is 0 Å². The lowest BCUT2D eigenvalue weighted by Crippen LogP contribution is -2.49. The third kappa shape index (κ3) is 3.79. The first-order valence-electron chi connectivity index (χ1n) is 8.55. The van der Waals surface area contributed by atoms with E-state index in [4.69, 9.17) is 9.47 Å². The van der Waals surface area contributed by atoms with Crippen LogP contribution in [0.25, 0.3) is 0 Å². The van der Waals surface area contributed by atoms with Crippen LogP contribution in [0.15, 0.2) is 42.5 Å². The molecule has 1 aliphatic rings. The van der Waals surface area contributed by atoms with Gasteiger partial charge in [0.05, 0.1) is 24.7 Å². The zero-order chi connectivity index (χ0) is 19.4. The van der Waals surface area contributed by atoms with E-state index in [0.717, 1.165) is 0 Å². The predicted molar refractivity (Wildman–Crippen MR) is 101 cm³/mol. The van der Waals surface area contributed by atoms with Crippen molar-refractivity contribution in [2.75, 3.05) is 45.3 Å². The zero-order valence-corrected chi connectivity index (χ0v) is 15.3. The van der Waals surface area contributed by atoms with Crippen molar-refractivity contribution >= 4 is 17.3 Å². The normalized spacial score (nSPS) is 14.0. The summed E-state index contributed by atoms with van der Waals surface area (Å²) >= 11 is 0. The van der Waals surface area contributed by atoms with Gasteiger partial charge in [-0.25, -0.2) is 0 Å². The van der Waals surface area contributed by atoms with Crippen molar-refractivity contribution in [3.05, 3.63) is 58.1 Å². The molecule has 1 heterocycles. The lowest BCUT2D eigenvalue weighted by Gasteiger charge is -2.36. The summed E-state index contributed by atoms with van der Waals surface area (Å²) in [5.74, 6) is 0.924. The van der Waals surface area contributed by atoms with Crippen molar-refractivity contribution in [2.24, 2.45) is 0 Å². The number of hydrogen-bond donors (Lipinski definition) is 0. The first-order chi connectivity index (χ1) is 13.0. The Hall–Kier alpha value is -3.29. The molecule has 0 bridgehead atoms. The van der Waals surface area contributed by atoms with E-state index in [1.807, 2.05) is 4.90 Å². The van der Waals surface area contributed by atoms with E-state index in [1.54, 1.807) is 48.4 Å². The minimum absolute atomic E-state index is 0.0757. The van der Waals surface area contributed by atoms with Gasteiger partial charge < -0.3 is 19.3 Å². The molecule has 0 spiro atoms. The Balaban J connectivity index is 1.75. The summed E-state index contributed by atoms with van der Waals surface area (Å²) in [6, 6.07) is 11.8. The van der Waals surface area contributed by atoms with Crippen LogP contribution in [0.5, 0.6) is 11.5 Å². The number of nitro groups is 1. The van der Waals surface area contributed by atoms with Crippen LogP contribution in [0.3, 0.4) is 0 Å². The van der Waals surface area contributed by atoms with Crippen molar-refractivity contribution in [1.82, 2.24) is 4.90 Å². The molecule has 0 aliphatic carbocycles. The van der Waals surface area contributed by atoms with E-state index in [-0.39, 0.29) is 16.5 Å². The largest absolute Gasteiger partial charge is 0.497 e. The summed E-state index contributed by atoms with van der Waals surface area (Å²) in [5.41, 5.74) is 1.09. The van der Waals surface area contributed by atoms with Crippen molar-refractivity contribution in [3.8, 4) is 11.5 Å². The van der Waals surface area contributed by atoms with Gasteiger partial charge in [-0.3, -0.25) is 14.9 Å². The van der Waals surface area contributed by atoms with Gasteiger partial charge in [-0.15, -0.1) is 0 Å². The Morgan fingerprint density at radius 2 is 1.74 bits per heavy atom. The first-order valence-corrected chi connectivity index (χ1v) is 8.55. The number of carbonyl (C=O) groups excluding carboxylic acids is 1. The van der Waals surface area contributed by atoms with E-state index in [2.05, 4.69) is 0 Å². The van der Waals surface area contributed by atoms with Crippen molar-refractivity contribution in [3.63, 3.8) is 0 Å². The van der Waals surface area contributed by atoms with Crippen LogP contribution in [-0.4, -0.2) is 56.1 Å². The minimum atomic E-state index is -0.381. The second-order valence-electron chi connectivity index (χ2n) is 6.09. The molecule has 1 aliphatic heterocycles. The fourth-order valence-electron chi connectivity index (χ4n) is 3.19. The van der Waals surface area contributed by atoms with Crippen LogP contribution in [0.2, 0.25) is 0 Å². The van der Waals surface area contributed by atoms with Crippen LogP contribution in [-0.2, 0) is 0 Å². The second-order valence-corrected chi connectivity index (χ2v) is 6.09. The first kappa shape index (κ1) is 18.5. The molecule has 0 atom stereocenters. The van der Waals surface area contributed by atoms with E-state index >= 15 is 0 Å². The third-order valence-electron chi connectivity index (χ3n) is 4.62. The fourth-order valence-corrected chi connectivity index (χ4v) is 3.19. The Bertz CT molecular complexity index is 847. The number of anilines is 1. The Labute approximate surface area is 157 Å². The lowest BCUT2D eigenvalue weighted by molar-refractivity contribution is -0.384. The number of methoxy groups -OCH3 is 2. The number of rotatable bonds is 5. The summed E-state index contributed by atoms with van der Waals surface area (Å²) in [6.45, 7) is 1.96. The molecular formula is C19H21N3O5. The maximum absolute atomic E-state index is 12.9. The molecule has 1 amide bonds. The van der Waals surface area contributed by atoms with Crippen LogP contribution >= 0.6 is 0 Å². The number of ether oxygens (including phenoxy) is 2. The number of piperazine rings is 1. The Morgan fingerprint density at radius 1 is 1.04 bits per heavy atom. The second kappa shape index (κ2) is 7.94. The summed E-state index contributed by atoms with van der Waals surface area (Å²) < 4.78 is 10.5. The SMILES string of the molecule is COc1ccc(OC)c(C(=O)N2CCN(c3ccccc3[N+](=O)[O-])CC2)c1. The zero-order valence-electron chi connectivity index (χ0n) is 15.3. The summed E-state index contributed by atoms with van der Waals surface area (Å²) in [7, 11) is 3.06. The molecule has 2 aromatic carbocycles. The highest BCUT2D eigenvalue weighted by atomic mass is 16.6. The maximum Gasteiger partial charge on any atom is 0.292 e. The molecule has 0 unspecified atom stereocenters. The minimum Gasteiger partial charge on any atom is -0.497 e. The molecule has 1 saturated heterocycles. The number of para-hydroxylation sites is 2. The van der Waals surface area contributed by atoms with Gasteiger partial charge in [0.25, 0.3) is 11.6 Å². The van der Waals surface area contributed by atoms with Gasteiger partial charge in [-0.1, -0.05) is 12.1 Å². The van der Waals surface area contributed by atoms with Gasteiger partial charge in [-0.2, -0.15) is 0 Å². The maximum atomic E-state index is 12.9. The molecule has 0 N–H and O–H groups in total. The van der Waals surface area contributed by atoms with Crippen LogP contribution in [0, 0.1) is 10.1 Å². The molecule has 3 rings (SSSR count). The number of carbonyl (C=O) groups is 1. The Kier molecular flexibility index (Phi) is 5.44. The van der Waals surface area contributed by atoms with Gasteiger partial charge >= 0.3 is 0 Å². The highest BCUT2D eigenvalue weighted by molar-refractivity contribution is 5.97. The number of nitrogens with zero attached hydrogens (tertiary/aromatic N) is 3. The molecule has 142 valence electrons. The topological polar surface area (TPSA) is 85.2 Å². The van der Waals surface area contributed by atoms with E-state index in [1.165, 1.54) is 13.2 Å². The highest BCUT2D eigenvalue weighted by Crippen LogP contribution is 2.29. The standard InChI is InChI=1S/C19H21N3O5/c1-26-14-7-8-18(27-2)15(13-14)19(23)21-11-9-20(10-12-21)16-5-3-4-6-17(16)22(24)25/h3-8,13H,9-12H2,1-2H3. The number of nitro benzene ring substituents is 1. The highest BCUT2D eigenvalue weighted by Gasteiger charge is 2.27. The van der Waals surface area contributed by atoms with E-state index < -0.39 is 0 Å². The van der Waals surface area contributed by atoms with Crippen LogP contribution in [0.1, 0.15) is 10.4 Å². The fraction of sp³-hybridized carbons (Fsp3) is 0.316. The van der Waals surface area contributed by atoms with Gasteiger partial charge in [0.1, 0.15) is 17.2 Å². The third-order valence-corrected chi connectivity index (χ3v) is 4.62. The van der Waals surface area contributed by atoms with Crippen molar-refractivity contribution < 1.29 is 19.2 Å². The predicted octanol–water partition coefficient (Wildman–Crippen LogP) is 2.57. The Morgan fingerprint density at radius 3 is 2.37 bits per heavy atom. The number of hydrogen-bond acceptors (Lipinski definition) is 6. The van der Waals surface area contributed by atoms with Gasteiger partial charge in [-0.05, 0) is 24.3 Å². The molecule has 2 aromatic rings. The average Bonchev–Trinajstić information content (AvgIpc) is 2.72. The number of amides is 1. The summed E-state index contributed by atoms with van der Waals surface area (Å²) in [6.07, 6.45) is 0. The lowest BCUT2D eigenvalue weighted by atomic mass is 10.1. The molecule has 27 heavy (non-hydrogen) atoms. The molecule has 0 saturated carbocycles. The molecule has 0 aromatic heterocycles. The van der Waals surface area contributed by atoms with Gasteiger partial charge in [0.2, 0.25) is 0 Å². The van der Waals surface area contributed by atoms with E-state index in [9.17, 15) is 14.9 Å². The van der Waals surface area contributed by atoms with Crippen LogP contribution in [0.4, 0.5) is 11.4 Å². The van der Waals surface area contributed by atoms with Crippen molar-refractivity contribution in [1.29, 1.82) is 0 Å². The number of benzene rings is 2. The molecular weight excluding hydrogens is 350 g/mol. The molecule has 8 nitrogen and oxygen atoms in total. The van der Waals surface area contributed by atoms with Crippen LogP contribution < -0.4 is 14.4 Å². The van der Waals surface area contributed by atoms with Gasteiger partial charge in [0, 0.05) is 32.2 Å². The summed E-state index contributed by atoms with van der Waals surface area (Å²) in [4.78, 5) is 27.5. The smallest absolute Gasteiger partial charge is 0.292 e. The molecule has 8 heteroatoms. The summed E-state index contributed by atoms with van der Waals surface area (Å²) in [5, 5.41) is 11.2. The average molecular weight is 371 g/mol. The molecule has 0 radical (unpaired) electrons. The monoisotopic (exact) mass is 371 g/mol. The van der Waals surface area contributed by atoms with E-state index in [0.29, 0.717) is 48.9 Å². The molecule has 1 fully saturated rings.